The highest BCUT2D eigenvalue weighted by atomic mass is 32.1. The molecule has 148 valence electrons. The Hall–Kier alpha value is -3.59. The third-order valence-corrected chi connectivity index (χ3v) is 5.04. The summed E-state index contributed by atoms with van der Waals surface area (Å²) in [6.45, 7) is 1.61. The summed E-state index contributed by atoms with van der Waals surface area (Å²) in [5.41, 5.74) is 2.33. The number of carbonyl (C=O) groups is 2. The molecule has 3 rings (SSSR count). The molecule has 8 nitrogen and oxygen atoms in total. The number of nitro groups is 1. The monoisotopic (exact) mass is 410 g/mol. The van der Waals surface area contributed by atoms with Crippen LogP contribution >= 0.6 is 11.3 Å². The average Bonchev–Trinajstić information content (AvgIpc) is 3.20. The Balaban J connectivity index is 1.49. The Morgan fingerprint density at radius 1 is 1.14 bits per heavy atom. The minimum absolute atomic E-state index is 0.0579. The maximum absolute atomic E-state index is 12.1. The van der Waals surface area contributed by atoms with Crippen LogP contribution in [-0.2, 0) is 11.3 Å². The van der Waals surface area contributed by atoms with Crippen molar-refractivity contribution >= 4 is 28.8 Å². The molecule has 29 heavy (non-hydrogen) atoms. The number of rotatable bonds is 7. The van der Waals surface area contributed by atoms with Gasteiger partial charge in [-0.05, 0) is 19.1 Å². The number of thiazole rings is 1. The maximum atomic E-state index is 12.1. The quantitative estimate of drug-likeness (QED) is 0.459. The first-order chi connectivity index (χ1) is 13.9. The molecule has 0 aliphatic carbocycles. The molecular weight excluding hydrogens is 392 g/mol. The number of aryl methyl sites for hydroxylation is 1. The number of carbonyl (C=O) groups excluding carboxylic acids is 2. The van der Waals surface area contributed by atoms with E-state index in [2.05, 4.69) is 15.6 Å². The van der Waals surface area contributed by atoms with Crippen LogP contribution in [0.15, 0.2) is 53.9 Å². The van der Waals surface area contributed by atoms with Crippen molar-refractivity contribution in [1.82, 2.24) is 15.6 Å². The zero-order valence-electron chi connectivity index (χ0n) is 15.5. The second kappa shape index (κ2) is 9.07. The SMILES string of the molecule is Cc1cc(C(=O)NCC(=O)NCc2csc(-c3ccccc3)n2)ccc1[N+](=O)[O-]. The first-order valence-electron chi connectivity index (χ1n) is 8.74. The molecule has 0 radical (unpaired) electrons. The normalized spacial score (nSPS) is 10.4. The fourth-order valence-electron chi connectivity index (χ4n) is 2.62. The molecule has 0 bridgehead atoms. The van der Waals surface area contributed by atoms with Crippen LogP contribution in [0.2, 0.25) is 0 Å². The molecule has 0 saturated carbocycles. The first kappa shape index (κ1) is 20.2. The largest absolute Gasteiger partial charge is 0.349 e. The van der Waals surface area contributed by atoms with E-state index >= 15 is 0 Å². The first-order valence-corrected chi connectivity index (χ1v) is 9.62. The van der Waals surface area contributed by atoms with Crippen molar-refractivity contribution in [1.29, 1.82) is 0 Å². The van der Waals surface area contributed by atoms with Gasteiger partial charge in [0, 0.05) is 28.1 Å². The van der Waals surface area contributed by atoms with Crippen LogP contribution in [0.4, 0.5) is 5.69 Å². The molecule has 1 heterocycles. The number of hydrogen-bond acceptors (Lipinski definition) is 6. The standard InChI is InChI=1S/C20H18N4O4S/c1-13-9-15(7-8-17(13)24(27)28)19(26)22-11-18(25)21-10-16-12-29-20(23-16)14-5-3-2-4-6-14/h2-9,12H,10-11H2,1H3,(H,21,25)(H,22,26). The summed E-state index contributed by atoms with van der Waals surface area (Å²) in [5, 5.41) is 18.8. The Labute approximate surface area is 170 Å². The summed E-state index contributed by atoms with van der Waals surface area (Å²) < 4.78 is 0. The Morgan fingerprint density at radius 3 is 2.59 bits per heavy atom. The lowest BCUT2D eigenvalue weighted by molar-refractivity contribution is -0.385. The summed E-state index contributed by atoms with van der Waals surface area (Å²) in [5.74, 6) is -0.829. The topological polar surface area (TPSA) is 114 Å². The lowest BCUT2D eigenvalue weighted by Crippen LogP contribution is -2.36. The van der Waals surface area contributed by atoms with Crippen molar-refractivity contribution in [2.45, 2.75) is 13.5 Å². The molecule has 3 aromatic rings. The molecule has 0 saturated heterocycles. The molecular formula is C20H18N4O4S. The summed E-state index contributed by atoms with van der Waals surface area (Å²) in [6, 6.07) is 13.8. The van der Waals surface area contributed by atoms with Crippen molar-refractivity contribution < 1.29 is 14.5 Å². The Morgan fingerprint density at radius 2 is 1.90 bits per heavy atom. The Bertz CT molecular complexity index is 1050. The van der Waals surface area contributed by atoms with Gasteiger partial charge in [-0.15, -0.1) is 11.3 Å². The van der Waals surface area contributed by atoms with Crippen molar-refractivity contribution in [2.75, 3.05) is 6.54 Å². The highest BCUT2D eigenvalue weighted by Gasteiger charge is 2.14. The van der Waals surface area contributed by atoms with Gasteiger partial charge in [0.2, 0.25) is 5.91 Å². The minimum Gasteiger partial charge on any atom is -0.349 e. The van der Waals surface area contributed by atoms with Crippen LogP contribution in [0.3, 0.4) is 0 Å². The number of hydrogen-bond donors (Lipinski definition) is 2. The van der Waals surface area contributed by atoms with Gasteiger partial charge in [-0.25, -0.2) is 4.98 Å². The molecule has 0 spiro atoms. The van der Waals surface area contributed by atoms with Crippen molar-refractivity contribution in [3.8, 4) is 10.6 Å². The number of nitrogens with zero attached hydrogens (tertiary/aromatic N) is 2. The number of amides is 2. The van der Waals surface area contributed by atoms with Gasteiger partial charge < -0.3 is 10.6 Å². The van der Waals surface area contributed by atoms with Gasteiger partial charge in [0.25, 0.3) is 11.6 Å². The fraction of sp³-hybridized carbons (Fsp3) is 0.150. The number of aromatic nitrogens is 1. The molecule has 2 amide bonds. The van der Waals surface area contributed by atoms with Gasteiger partial charge in [-0.1, -0.05) is 30.3 Å². The highest BCUT2D eigenvalue weighted by Crippen LogP contribution is 2.23. The van der Waals surface area contributed by atoms with E-state index in [9.17, 15) is 19.7 Å². The maximum Gasteiger partial charge on any atom is 0.272 e. The summed E-state index contributed by atoms with van der Waals surface area (Å²) in [6.07, 6.45) is 0. The Kier molecular flexibility index (Phi) is 6.30. The lowest BCUT2D eigenvalue weighted by atomic mass is 10.1. The van der Waals surface area contributed by atoms with Crippen LogP contribution in [0.25, 0.3) is 10.6 Å². The summed E-state index contributed by atoms with van der Waals surface area (Å²) >= 11 is 1.49. The van der Waals surface area contributed by atoms with E-state index < -0.39 is 10.8 Å². The minimum atomic E-state index is -0.508. The lowest BCUT2D eigenvalue weighted by Gasteiger charge is -2.07. The molecule has 1 aromatic heterocycles. The van der Waals surface area contributed by atoms with E-state index in [0.29, 0.717) is 5.56 Å². The van der Waals surface area contributed by atoms with Gasteiger partial charge in [-0.2, -0.15) is 0 Å². The summed E-state index contributed by atoms with van der Waals surface area (Å²) in [4.78, 5) is 39.0. The smallest absolute Gasteiger partial charge is 0.272 e. The van der Waals surface area contributed by atoms with E-state index in [1.54, 1.807) is 6.92 Å². The van der Waals surface area contributed by atoms with Crippen LogP contribution in [0.5, 0.6) is 0 Å². The number of nitro benzene ring substituents is 1. The second-order valence-electron chi connectivity index (χ2n) is 6.23. The molecule has 9 heteroatoms. The van der Waals surface area contributed by atoms with E-state index in [1.807, 2.05) is 35.7 Å². The number of nitrogens with one attached hydrogen (secondary N) is 2. The zero-order valence-corrected chi connectivity index (χ0v) is 16.4. The van der Waals surface area contributed by atoms with Crippen LogP contribution in [-0.4, -0.2) is 28.3 Å². The van der Waals surface area contributed by atoms with E-state index in [0.717, 1.165) is 16.3 Å². The molecule has 0 aliphatic heterocycles. The third kappa shape index (κ3) is 5.23. The molecule has 0 fully saturated rings. The van der Waals surface area contributed by atoms with Gasteiger partial charge >= 0.3 is 0 Å². The second-order valence-corrected chi connectivity index (χ2v) is 7.09. The third-order valence-electron chi connectivity index (χ3n) is 4.10. The predicted octanol–water partition coefficient (Wildman–Crippen LogP) is 3.07. The van der Waals surface area contributed by atoms with Crippen molar-refractivity contribution in [3.63, 3.8) is 0 Å². The van der Waals surface area contributed by atoms with Crippen LogP contribution in [0, 0.1) is 17.0 Å². The average molecular weight is 410 g/mol. The molecule has 0 atom stereocenters. The molecule has 2 N–H and O–H groups in total. The highest BCUT2D eigenvalue weighted by molar-refractivity contribution is 7.13. The van der Waals surface area contributed by atoms with Gasteiger partial charge in [-0.3, -0.25) is 19.7 Å². The van der Waals surface area contributed by atoms with Gasteiger partial charge in [0.15, 0.2) is 0 Å². The zero-order chi connectivity index (χ0) is 20.8. The predicted molar refractivity (Wildman–Crippen MR) is 110 cm³/mol. The summed E-state index contributed by atoms with van der Waals surface area (Å²) in [7, 11) is 0. The van der Waals surface area contributed by atoms with Gasteiger partial charge in [0.1, 0.15) is 5.01 Å². The molecule has 0 unspecified atom stereocenters. The number of benzene rings is 2. The van der Waals surface area contributed by atoms with Crippen molar-refractivity contribution in [3.05, 3.63) is 80.8 Å². The fourth-order valence-corrected chi connectivity index (χ4v) is 3.44. The van der Waals surface area contributed by atoms with Crippen LogP contribution < -0.4 is 10.6 Å². The molecule has 0 aliphatic rings. The van der Waals surface area contributed by atoms with Crippen molar-refractivity contribution in [2.24, 2.45) is 0 Å². The molecule has 2 aromatic carbocycles. The van der Waals surface area contributed by atoms with Crippen LogP contribution in [0.1, 0.15) is 21.6 Å². The van der Waals surface area contributed by atoms with Gasteiger partial charge in [0.05, 0.1) is 23.7 Å². The van der Waals surface area contributed by atoms with E-state index in [4.69, 9.17) is 0 Å². The van der Waals surface area contributed by atoms with E-state index in [1.165, 1.54) is 29.5 Å². The van der Waals surface area contributed by atoms with E-state index in [-0.39, 0.29) is 30.2 Å².